The average molecular weight is 287 g/mol. The lowest BCUT2D eigenvalue weighted by Crippen LogP contribution is -2.25. The summed E-state index contributed by atoms with van der Waals surface area (Å²) in [6.45, 7) is 5.29. The maximum Gasteiger partial charge on any atom is 0.417 e. The summed E-state index contributed by atoms with van der Waals surface area (Å²) in [7, 11) is 0. The molecule has 0 radical (unpaired) electrons. The number of nitrogen functional groups attached to an aromatic ring is 1. The fourth-order valence-electron chi connectivity index (χ4n) is 2.02. The second-order valence-corrected chi connectivity index (χ2v) is 4.57. The number of anilines is 1. The van der Waals surface area contributed by atoms with Crippen molar-refractivity contribution in [2.75, 3.05) is 18.0 Å². The van der Waals surface area contributed by atoms with E-state index in [2.05, 4.69) is 0 Å². The summed E-state index contributed by atoms with van der Waals surface area (Å²) >= 11 is 0. The van der Waals surface area contributed by atoms with E-state index in [4.69, 9.17) is 11.1 Å². The number of hydrogen-bond donors (Lipinski definition) is 2. The highest BCUT2D eigenvalue weighted by molar-refractivity contribution is 5.97. The Morgan fingerprint density at radius 3 is 2.40 bits per heavy atom. The molecule has 0 fully saturated rings. The Morgan fingerprint density at radius 2 is 1.95 bits per heavy atom. The molecule has 0 saturated heterocycles. The van der Waals surface area contributed by atoms with Gasteiger partial charge in [-0.25, -0.2) is 0 Å². The number of alkyl halides is 3. The van der Waals surface area contributed by atoms with Gasteiger partial charge in [0.1, 0.15) is 5.84 Å². The van der Waals surface area contributed by atoms with Crippen molar-refractivity contribution >= 4 is 11.5 Å². The molecule has 0 aliphatic rings. The Hall–Kier alpha value is -1.72. The van der Waals surface area contributed by atoms with Crippen LogP contribution in [0.3, 0.4) is 0 Å². The number of halogens is 3. The Bertz CT molecular complexity index is 469. The number of rotatable bonds is 6. The van der Waals surface area contributed by atoms with Crippen LogP contribution in [0.5, 0.6) is 0 Å². The fraction of sp³-hybridized carbons (Fsp3) is 0.500. The predicted molar refractivity (Wildman–Crippen MR) is 75.3 cm³/mol. The Balaban J connectivity index is 3.21. The van der Waals surface area contributed by atoms with E-state index in [1.807, 2.05) is 18.7 Å². The number of nitrogens with one attached hydrogen (secondary N) is 1. The lowest BCUT2D eigenvalue weighted by atomic mass is 10.0. The van der Waals surface area contributed by atoms with Crippen molar-refractivity contribution in [1.29, 1.82) is 5.41 Å². The molecule has 0 spiro atoms. The third kappa shape index (κ3) is 3.88. The summed E-state index contributed by atoms with van der Waals surface area (Å²) in [5.41, 5.74) is 4.61. The Morgan fingerprint density at radius 1 is 1.30 bits per heavy atom. The van der Waals surface area contributed by atoms with E-state index >= 15 is 0 Å². The molecule has 3 N–H and O–H groups in total. The maximum absolute atomic E-state index is 13.0. The maximum atomic E-state index is 13.0. The van der Waals surface area contributed by atoms with Crippen molar-refractivity contribution in [2.45, 2.75) is 32.9 Å². The van der Waals surface area contributed by atoms with E-state index in [1.54, 1.807) is 6.07 Å². The molecule has 112 valence electrons. The molecule has 0 aromatic heterocycles. The highest BCUT2D eigenvalue weighted by atomic mass is 19.4. The summed E-state index contributed by atoms with van der Waals surface area (Å²) in [4.78, 5) is 1.89. The van der Waals surface area contributed by atoms with Crippen LogP contribution >= 0.6 is 0 Å². The molecule has 0 heterocycles. The zero-order chi connectivity index (χ0) is 15.3. The smallest absolute Gasteiger partial charge is 0.384 e. The molecule has 6 heteroatoms. The van der Waals surface area contributed by atoms with Gasteiger partial charge in [0.05, 0.1) is 5.56 Å². The molecule has 0 aliphatic carbocycles. The quantitative estimate of drug-likeness (QED) is 0.620. The summed E-state index contributed by atoms with van der Waals surface area (Å²) in [5, 5.41) is 7.25. The minimum atomic E-state index is -4.51. The first-order valence-electron chi connectivity index (χ1n) is 6.61. The summed E-state index contributed by atoms with van der Waals surface area (Å²) in [5.74, 6) is -0.569. The van der Waals surface area contributed by atoms with Crippen molar-refractivity contribution in [1.82, 2.24) is 0 Å². The van der Waals surface area contributed by atoms with Gasteiger partial charge in [-0.3, -0.25) is 5.41 Å². The molecule has 1 rings (SSSR count). The van der Waals surface area contributed by atoms with Gasteiger partial charge in [-0.05, 0) is 31.5 Å². The third-order valence-electron chi connectivity index (χ3n) is 3.13. The monoisotopic (exact) mass is 287 g/mol. The van der Waals surface area contributed by atoms with Crippen LogP contribution in [-0.4, -0.2) is 18.9 Å². The van der Waals surface area contributed by atoms with Crippen molar-refractivity contribution in [3.05, 3.63) is 29.3 Å². The van der Waals surface area contributed by atoms with Gasteiger partial charge in [0.25, 0.3) is 0 Å². The van der Waals surface area contributed by atoms with Gasteiger partial charge in [0, 0.05) is 24.3 Å². The van der Waals surface area contributed by atoms with Crippen LogP contribution in [0.2, 0.25) is 0 Å². The van der Waals surface area contributed by atoms with Gasteiger partial charge in [0.15, 0.2) is 0 Å². The number of amidine groups is 1. The Kier molecular flexibility index (Phi) is 5.42. The van der Waals surface area contributed by atoms with Crippen LogP contribution in [0.4, 0.5) is 18.9 Å². The van der Waals surface area contributed by atoms with Crippen LogP contribution in [0.25, 0.3) is 0 Å². The van der Waals surface area contributed by atoms with Gasteiger partial charge < -0.3 is 10.6 Å². The SMILES string of the molecule is CCCCN(CC)c1ccc(C(=N)N)c(C(F)(F)F)c1. The molecular formula is C14H20F3N3. The van der Waals surface area contributed by atoms with Gasteiger partial charge in [-0.1, -0.05) is 13.3 Å². The molecule has 0 saturated carbocycles. The lowest BCUT2D eigenvalue weighted by Gasteiger charge is -2.24. The number of benzene rings is 1. The molecule has 0 amide bonds. The van der Waals surface area contributed by atoms with Gasteiger partial charge >= 0.3 is 6.18 Å². The van der Waals surface area contributed by atoms with Crippen LogP contribution in [0.15, 0.2) is 18.2 Å². The number of nitrogens with zero attached hydrogens (tertiary/aromatic N) is 1. The number of hydrogen-bond acceptors (Lipinski definition) is 2. The van der Waals surface area contributed by atoms with Crippen LogP contribution in [0, 0.1) is 5.41 Å². The first-order chi connectivity index (χ1) is 9.31. The standard InChI is InChI=1S/C14H20F3N3/c1-3-5-8-20(4-2)10-6-7-11(13(18)19)12(9-10)14(15,16)17/h6-7,9H,3-5,8H2,1-2H3,(H3,18,19). The van der Waals surface area contributed by atoms with Crippen molar-refractivity contribution < 1.29 is 13.2 Å². The van der Waals surface area contributed by atoms with Crippen molar-refractivity contribution in [2.24, 2.45) is 5.73 Å². The number of unbranched alkanes of at least 4 members (excludes halogenated alkanes) is 1. The molecule has 1 aromatic carbocycles. The van der Waals surface area contributed by atoms with Crippen LogP contribution in [0.1, 0.15) is 37.8 Å². The molecule has 0 aliphatic heterocycles. The topological polar surface area (TPSA) is 53.1 Å². The molecular weight excluding hydrogens is 267 g/mol. The fourth-order valence-corrected chi connectivity index (χ4v) is 2.02. The lowest BCUT2D eigenvalue weighted by molar-refractivity contribution is -0.137. The zero-order valence-corrected chi connectivity index (χ0v) is 11.7. The molecule has 20 heavy (non-hydrogen) atoms. The van der Waals surface area contributed by atoms with Gasteiger partial charge in [-0.2, -0.15) is 13.2 Å². The predicted octanol–water partition coefficient (Wildman–Crippen LogP) is 3.62. The number of nitrogens with two attached hydrogens (primary N) is 1. The molecule has 0 bridgehead atoms. The third-order valence-corrected chi connectivity index (χ3v) is 3.13. The van der Waals surface area contributed by atoms with E-state index in [9.17, 15) is 13.2 Å². The highest BCUT2D eigenvalue weighted by Gasteiger charge is 2.34. The highest BCUT2D eigenvalue weighted by Crippen LogP contribution is 2.34. The van der Waals surface area contributed by atoms with Crippen molar-refractivity contribution in [3.63, 3.8) is 0 Å². The minimum Gasteiger partial charge on any atom is -0.384 e. The van der Waals surface area contributed by atoms with E-state index in [-0.39, 0.29) is 5.56 Å². The van der Waals surface area contributed by atoms with Crippen LogP contribution < -0.4 is 10.6 Å². The summed E-state index contributed by atoms with van der Waals surface area (Å²) < 4.78 is 39.1. The Labute approximate surface area is 117 Å². The normalized spacial score (nSPS) is 11.4. The second-order valence-electron chi connectivity index (χ2n) is 4.57. The first-order valence-corrected chi connectivity index (χ1v) is 6.61. The van der Waals surface area contributed by atoms with E-state index in [1.165, 1.54) is 6.07 Å². The molecule has 0 unspecified atom stereocenters. The average Bonchev–Trinajstić information content (AvgIpc) is 2.38. The van der Waals surface area contributed by atoms with Crippen LogP contribution in [-0.2, 0) is 6.18 Å². The van der Waals surface area contributed by atoms with Gasteiger partial charge in [0.2, 0.25) is 0 Å². The molecule has 3 nitrogen and oxygen atoms in total. The largest absolute Gasteiger partial charge is 0.417 e. The van der Waals surface area contributed by atoms with Crippen molar-refractivity contribution in [3.8, 4) is 0 Å². The van der Waals surface area contributed by atoms with Gasteiger partial charge in [-0.15, -0.1) is 0 Å². The zero-order valence-electron chi connectivity index (χ0n) is 11.7. The summed E-state index contributed by atoms with van der Waals surface area (Å²) in [6, 6.07) is 3.94. The molecule has 1 aromatic rings. The van der Waals surface area contributed by atoms with E-state index in [0.717, 1.165) is 18.9 Å². The molecule has 0 atom stereocenters. The first kappa shape index (κ1) is 16.3. The van der Waals surface area contributed by atoms with E-state index in [0.29, 0.717) is 18.8 Å². The van der Waals surface area contributed by atoms with E-state index < -0.39 is 17.6 Å². The minimum absolute atomic E-state index is 0.271. The summed E-state index contributed by atoms with van der Waals surface area (Å²) in [6.07, 6.45) is -2.61. The second kappa shape index (κ2) is 6.63.